The van der Waals surface area contributed by atoms with Crippen LogP contribution in [0.5, 0.6) is 0 Å². The molecule has 0 amide bonds. The molecule has 4 saturated carbocycles. The molecular formula is C31H44O9. The lowest BCUT2D eigenvalue weighted by Crippen LogP contribution is -2.69. The molecule has 4 aliphatic carbocycles. The molecule has 9 nitrogen and oxygen atoms in total. The normalized spacial score (nSPS) is 55.5. The van der Waals surface area contributed by atoms with Gasteiger partial charge in [0.15, 0.2) is 12.6 Å². The second kappa shape index (κ2) is 9.32. The van der Waals surface area contributed by atoms with E-state index in [-0.39, 0.29) is 59.8 Å². The number of aldehydes is 1. The van der Waals surface area contributed by atoms with Gasteiger partial charge in [-0.25, -0.2) is 4.79 Å². The summed E-state index contributed by atoms with van der Waals surface area (Å²) in [5.41, 5.74) is -2.42. The Labute approximate surface area is 235 Å². The van der Waals surface area contributed by atoms with Crippen molar-refractivity contribution in [2.24, 2.45) is 28.6 Å². The van der Waals surface area contributed by atoms with Gasteiger partial charge >= 0.3 is 5.97 Å². The molecule has 40 heavy (non-hydrogen) atoms. The Morgan fingerprint density at radius 1 is 1.00 bits per heavy atom. The van der Waals surface area contributed by atoms with Gasteiger partial charge in [0.05, 0.1) is 34.9 Å². The number of fused-ring (bicyclic) bond motifs is 6. The van der Waals surface area contributed by atoms with Gasteiger partial charge in [0.25, 0.3) is 0 Å². The number of carbonyl (C=O) groups is 2. The Morgan fingerprint density at radius 2 is 1.80 bits per heavy atom. The Morgan fingerprint density at radius 3 is 2.55 bits per heavy atom. The zero-order valence-electron chi connectivity index (χ0n) is 23.9. The predicted octanol–water partition coefficient (Wildman–Crippen LogP) is 3.19. The third-order valence-electron chi connectivity index (χ3n) is 12.5. The first kappa shape index (κ1) is 27.5. The van der Waals surface area contributed by atoms with Gasteiger partial charge in [-0.2, -0.15) is 0 Å². The van der Waals surface area contributed by atoms with Crippen LogP contribution in [0, 0.1) is 28.6 Å². The Hall–Kier alpha value is -1.36. The van der Waals surface area contributed by atoms with E-state index < -0.39 is 22.9 Å². The van der Waals surface area contributed by atoms with Crippen molar-refractivity contribution >= 4 is 12.3 Å². The van der Waals surface area contributed by atoms with Crippen LogP contribution in [0.4, 0.5) is 0 Å². The number of hydrogen-bond acceptors (Lipinski definition) is 9. The smallest absolute Gasteiger partial charge is 0.331 e. The van der Waals surface area contributed by atoms with E-state index in [2.05, 4.69) is 6.92 Å². The standard InChI is InChI=1S/C31H44O9/c1-17-27-24(38-18(2)39-27)13-26(37-17)40-20-4-9-29(16-32)22-5-8-28(3)21(19-12-25(33)36-15-19)7-11-31(28,35)23(22)6-10-30(29,34)14-20/h12,16-18,20-24,26-27,34-35H,4-11,13-15H2,1-3H3/t17-,18-,20-,21+,22-,23+,24+,26-,27-,28+,29-,30-,31-/m0/s1. The summed E-state index contributed by atoms with van der Waals surface area (Å²) in [4.78, 5) is 24.9. The second-order valence-corrected chi connectivity index (χ2v) is 14.1. The lowest BCUT2D eigenvalue weighted by Gasteiger charge is -2.65. The molecule has 0 bridgehead atoms. The molecule has 9 heteroatoms. The Kier molecular flexibility index (Phi) is 6.40. The molecule has 2 saturated heterocycles. The Balaban J connectivity index is 1.09. The number of hydrogen-bond donors (Lipinski definition) is 2. The van der Waals surface area contributed by atoms with Crippen molar-refractivity contribution in [3.63, 3.8) is 0 Å². The fraction of sp³-hybridized carbons (Fsp3) is 0.871. The van der Waals surface area contributed by atoms with Crippen LogP contribution >= 0.6 is 0 Å². The topological polar surface area (TPSA) is 121 Å². The first-order valence-electron chi connectivity index (χ1n) is 15.4. The van der Waals surface area contributed by atoms with Crippen molar-refractivity contribution in [3.8, 4) is 0 Å². The van der Waals surface area contributed by atoms with Gasteiger partial charge in [-0.05, 0) is 88.5 Å². The molecule has 7 aliphatic rings. The van der Waals surface area contributed by atoms with E-state index in [9.17, 15) is 19.8 Å². The van der Waals surface area contributed by atoms with Crippen LogP contribution in [0.2, 0.25) is 0 Å². The monoisotopic (exact) mass is 560 g/mol. The molecule has 13 atom stereocenters. The maximum absolute atomic E-state index is 13.1. The summed E-state index contributed by atoms with van der Waals surface area (Å²) in [6, 6.07) is 0. The number of rotatable bonds is 4. The van der Waals surface area contributed by atoms with Crippen LogP contribution < -0.4 is 0 Å². The van der Waals surface area contributed by atoms with E-state index in [0.717, 1.165) is 31.1 Å². The highest BCUT2D eigenvalue weighted by atomic mass is 16.8. The summed E-state index contributed by atoms with van der Waals surface area (Å²) < 4.78 is 29.6. The van der Waals surface area contributed by atoms with Crippen molar-refractivity contribution in [1.82, 2.24) is 0 Å². The molecule has 3 aliphatic heterocycles. The highest BCUT2D eigenvalue weighted by Crippen LogP contribution is 2.70. The van der Waals surface area contributed by atoms with Gasteiger partial charge in [-0.3, -0.25) is 0 Å². The van der Waals surface area contributed by atoms with Gasteiger partial charge in [-0.1, -0.05) is 6.92 Å². The summed E-state index contributed by atoms with van der Waals surface area (Å²) in [6.45, 7) is 6.35. The lowest BCUT2D eigenvalue weighted by atomic mass is 9.41. The maximum Gasteiger partial charge on any atom is 0.331 e. The molecule has 0 aromatic rings. The third-order valence-corrected chi connectivity index (χ3v) is 12.5. The summed E-state index contributed by atoms with van der Waals surface area (Å²) in [6.07, 6.45) is 7.67. The summed E-state index contributed by atoms with van der Waals surface area (Å²) >= 11 is 0. The number of ether oxygens (including phenoxy) is 5. The molecule has 0 aromatic heterocycles. The SMILES string of the molecule is C[C@@H]1O[C@H]2[C@H](C)O[C@@H](O[C@H]3CC[C@]4(C=O)[C@H]5CC[C@]6(C)[C@@H](C7=CC(=O)OC7)CC[C@]6(O)[C@@H]5CC[C@]4(O)C3)C[C@H]2O1. The van der Waals surface area contributed by atoms with E-state index >= 15 is 0 Å². The number of carbonyl (C=O) groups excluding carboxylic acids is 2. The molecule has 6 fully saturated rings. The quantitative estimate of drug-likeness (QED) is 0.303. The van der Waals surface area contributed by atoms with Crippen LogP contribution in [-0.4, -0.2) is 77.3 Å². The highest BCUT2D eigenvalue weighted by Gasteiger charge is 2.71. The predicted molar refractivity (Wildman–Crippen MR) is 141 cm³/mol. The summed E-state index contributed by atoms with van der Waals surface area (Å²) in [5.74, 6) is -0.361. The van der Waals surface area contributed by atoms with Gasteiger partial charge in [0, 0.05) is 24.3 Å². The van der Waals surface area contributed by atoms with Crippen molar-refractivity contribution < 1.29 is 43.5 Å². The number of cyclic esters (lactones) is 1. The van der Waals surface area contributed by atoms with Crippen LogP contribution in [-0.2, 0) is 33.3 Å². The first-order chi connectivity index (χ1) is 19.0. The largest absolute Gasteiger partial charge is 0.458 e. The van der Waals surface area contributed by atoms with E-state index in [1.165, 1.54) is 0 Å². The minimum absolute atomic E-state index is 0.0706. The summed E-state index contributed by atoms with van der Waals surface area (Å²) in [5, 5.41) is 24.6. The minimum atomic E-state index is -1.18. The van der Waals surface area contributed by atoms with E-state index in [1.54, 1.807) is 6.08 Å². The molecule has 3 heterocycles. The van der Waals surface area contributed by atoms with Crippen molar-refractivity contribution in [2.75, 3.05) is 6.61 Å². The van der Waals surface area contributed by atoms with Crippen LogP contribution in [0.3, 0.4) is 0 Å². The molecular weight excluding hydrogens is 516 g/mol. The number of aliphatic hydroxyl groups is 2. The number of esters is 1. The van der Waals surface area contributed by atoms with E-state index in [0.29, 0.717) is 51.6 Å². The van der Waals surface area contributed by atoms with Crippen LogP contribution in [0.15, 0.2) is 11.6 Å². The van der Waals surface area contributed by atoms with Crippen molar-refractivity contribution in [2.45, 2.75) is 133 Å². The highest BCUT2D eigenvalue weighted by molar-refractivity contribution is 5.85. The fourth-order valence-corrected chi connectivity index (χ4v) is 10.6. The van der Waals surface area contributed by atoms with E-state index in [4.69, 9.17) is 23.7 Å². The second-order valence-electron chi connectivity index (χ2n) is 14.1. The van der Waals surface area contributed by atoms with Gasteiger partial charge < -0.3 is 38.7 Å². The van der Waals surface area contributed by atoms with Gasteiger partial charge in [0.1, 0.15) is 19.0 Å². The van der Waals surface area contributed by atoms with Crippen molar-refractivity contribution in [3.05, 3.63) is 11.6 Å². The fourth-order valence-electron chi connectivity index (χ4n) is 10.6. The molecule has 7 rings (SSSR count). The molecule has 2 N–H and O–H groups in total. The van der Waals surface area contributed by atoms with Gasteiger partial charge in [0.2, 0.25) is 0 Å². The zero-order valence-corrected chi connectivity index (χ0v) is 23.9. The molecule has 222 valence electrons. The summed E-state index contributed by atoms with van der Waals surface area (Å²) in [7, 11) is 0. The zero-order chi connectivity index (χ0) is 28.1. The Bertz CT molecular complexity index is 1090. The van der Waals surface area contributed by atoms with Crippen molar-refractivity contribution in [1.29, 1.82) is 0 Å². The lowest BCUT2D eigenvalue weighted by molar-refractivity contribution is -0.278. The third kappa shape index (κ3) is 3.73. The molecule has 0 spiro atoms. The maximum atomic E-state index is 13.1. The van der Waals surface area contributed by atoms with E-state index in [1.807, 2.05) is 13.8 Å². The van der Waals surface area contributed by atoms with Crippen LogP contribution in [0.1, 0.15) is 85.0 Å². The first-order valence-corrected chi connectivity index (χ1v) is 15.4. The van der Waals surface area contributed by atoms with Gasteiger partial charge in [-0.15, -0.1) is 0 Å². The molecule has 0 unspecified atom stereocenters. The average Bonchev–Trinajstić information content (AvgIpc) is 3.58. The minimum Gasteiger partial charge on any atom is -0.458 e. The molecule has 0 radical (unpaired) electrons. The average molecular weight is 561 g/mol. The van der Waals surface area contributed by atoms with Crippen LogP contribution in [0.25, 0.3) is 0 Å². The molecule has 0 aromatic carbocycles.